The maximum Gasteiger partial charge on any atom is 0.303 e. The molecule has 9 heteroatoms. The lowest BCUT2D eigenvalue weighted by atomic mass is 9.94. The number of nitrogens with one attached hydrogen (secondary N) is 1. The van der Waals surface area contributed by atoms with Crippen LogP contribution >= 0.6 is 0 Å². The van der Waals surface area contributed by atoms with Crippen LogP contribution in [0.3, 0.4) is 0 Å². The molecule has 27 heavy (non-hydrogen) atoms. The first-order valence-corrected chi connectivity index (χ1v) is 9.46. The minimum Gasteiger partial charge on any atom is -0.457 e. The van der Waals surface area contributed by atoms with Gasteiger partial charge >= 0.3 is 5.97 Å². The largest absolute Gasteiger partial charge is 0.457 e. The Kier molecular flexibility index (Phi) is 7.58. The number of carbonyl (C=O) groups is 2. The van der Waals surface area contributed by atoms with E-state index in [0.717, 1.165) is 0 Å². The summed E-state index contributed by atoms with van der Waals surface area (Å²) < 4.78 is 22.8. The first kappa shape index (κ1) is 22.0. The summed E-state index contributed by atoms with van der Waals surface area (Å²) in [5.41, 5.74) is 0. The summed E-state index contributed by atoms with van der Waals surface area (Å²) in [6, 6.07) is -0.963. The van der Waals surface area contributed by atoms with Crippen LogP contribution in [0.4, 0.5) is 0 Å². The second kappa shape index (κ2) is 9.29. The summed E-state index contributed by atoms with van der Waals surface area (Å²) in [6.07, 6.45) is -4.98. The van der Waals surface area contributed by atoms with Crippen molar-refractivity contribution in [2.75, 3.05) is 0 Å². The fourth-order valence-electron chi connectivity index (χ4n) is 3.66. The predicted octanol–water partition coefficient (Wildman–Crippen LogP) is -0.138. The third-order valence-corrected chi connectivity index (χ3v) is 5.01. The maximum atomic E-state index is 11.6. The second-order valence-electron chi connectivity index (χ2n) is 7.12. The van der Waals surface area contributed by atoms with Crippen molar-refractivity contribution in [1.29, 1.82) is 0 Å². The molecule has 2 aliphatic rings. The molecule has 3 N–H and O–H groups in total. The summed E-state index contributed by atoms with van der Waals surface area (Å²) in [4.78, 5) is 23.1. The van der Waals surface area contributed by atoms with Crippen molar-refractivity contribution in [3.8, 4) is 0 Å². The Labute approximate surface area is 159 Å². The lowest BCUT2D eigenvalue weighted by Crippen LogP contribution is -2.65. The van der Waals surface area contributed by atoms with Crippen LogP contribution in [0.1, 0.15) is 47.5 Å². The molecular formula is C18H31NO8. The van der Waals surface area contributed by atoms with Crippen LogP contribution in [0.2, 0.25) is 0 Å². The Bertz CT molecular complexity index is 529. The zero-order chi connectivity index (χ0) is 20.3. The fourth-order valence-corrected chi connectivity index (χ4v) is 3.66. The summed E-state index contributed by atoms with van der Waals surface area (Å²) >= 11 is 0. The third kappa shape index (κ3) is 4.97. The van der Waals surface area contributed by atoms with Crippen LogP contribution in [0.25, 0.3) is 0 Å². The van der Waals surface area contributed by atoms with Gasteiger partial charge in [0.2, 0.25) is 5.91 Å². The quantitative estimate of drug-likeness (QED) is 0.537. The minimum absolute atomic E-state index is 0.333. The number of hydrogen-bond donors (Lipinski definition) is 3. The number of carbonyl (C=O) groups excluding carboxylic acids is 2. The molecule has 0 saturated carbocycles. The normalized spacial score (nSPS) is 42.0. The van der Waals surface area contributed by atoms with Crippen LogP contribution in [-0.2, 0) is 28.5 Å². The van der Waals surface area contributed by atoms with Crippen LogP contribution < -0.4 is 5.32 Å². The predicted molar refractivity (Wildman–Crippen MR) is 93.6 cm³/mol. The molecule has 0 aromatic rings. The Morgan fingerprint density at radius 3 is 2.11 bits per heavy atom. The van der Waals surface area contributed by atoms with Gasteiger partial charge in [0.05, 0.1) is 12.2 Å². The lowest BCUT2D eigenvalue weighted by Gasteiger charge is -2.45. The van der Waals surface area contributed by atoms with E-state index in [0.29, 0.717) is 12.8 Å². The van der Waals surface area contributed by atoms with Gasteiger partial charge < -0.3 is 34.5 Å². The van der Waals surface area contributed by atoms with Crippen LogP contribution in [0.15, 0.2) is 0 Å². The number of rotatable bonds is 6. The molecule has 2 rings (SSSR count). The number of ether oxygens (including phenoxy) is 4. The van der Waals surface area contributed by atoms with Gasteiger partial charge in [-0.15, -0.1) is 0 Å². The summed E-state index contributed by atoms with van der Waals surface area (Å²) in [5, 5.41) is 23.8. The number of esters is 1. The fraction of sp³-hybridized carbons (Fsp3) is 0.889. The van der Waals surface area contributed by atoms with Crippen molar-refractivity contribution in [3.63, 3.8) is 0 Å². The standard InChI is InChI=1S/C18H31NO8/c1-6-11-16(14(22)8(3)24-11)27-18-13(19-9(4)20)15(23)17(25-10(5)21)12(7-2)26-18/h8,11-18,22-23H,6-7H2,1-5H3,(H,19,20)/t8-,11-,12+,13-,14+,15-,16-,17-,18-/m1/s1. The third-order valence-electron chi connectivity index (χ3n) is 5.01. The van der Waals surface area contributed by atoms with E-state index >= 15 is 0 Å². The van der Waals surface area contributed by atoms with E-state index in [-0.39, 0.29) is 6.10 Å². The molecule has 2 aliphatic heterocycles. The average molecular weight is 389 g/mol. The van der Waals surface area contributed by atoms with E-state index < -0.39 is 60.8 Å². The molecule has 0 aromatic carbocycles. The topological polar surface area (TPSA) is 124 Å². The van der Waals surface area contributed by atoms with Gasteiger partial charge in [-0.25, -0.2) is 0 Å². The van der Waals surface area contributed by atoms with Gasteiger partial charge in [-0.1, -0.05) is 13.8 Å². The van der Waals surface area contributed by atoms with Gasteiger partial charge in [0.1, 0.15) is 30.5 Å². The lowest BCUT2D eigenvalue weighted by molar-refractivity contribution is -0.288. The number of aliphatic hydroxyl groups excluding tert-OH is 2. The highest BCUT2D eigenvalue weighted by molar-refractivity contribution is 5.73. The molecule has 0 unspecified atom stereocenters. The molecule has 2 heterocycles. The zero-order valence-electron chi connectivity index (χ0n) is 16.5. The van der Waals surface area contributed by atoms with Crippen molar-refractivity contribution in [1.82, 2.24) is 5.32 Å². The summed E-state index contributed by atoms with van der Waals surface area (Å²) in [5.74, 6) is -0.946. The molecule has 2 fully saturated rings. The van der Waals surface area contributed by atoms with E-state index in [9.17, 15) is 19.8 Å². The van der Waals surface area contributed by atoms with Gasteiger partial charge in [0, 0.05) is 13.8 Å². The smallest absolute Gasteiger partial charge is 0.303 e. The van der Waals surface area contributed by atoms with Crippen molar-refractivity contribution < 1.29 is 38.7 Å². The Morgan fingerprint density at radius 1 is 1.00 bits per heavy atom. The molecular weight excluding hydrogens is 358 g/mol. The second-order valence-corrected chi connectivity index (χ2v) is 7.12. The Morgan fingerprint density at radius 2 is 1.59 bits per heavy atom. The van der Waals surface area contributed by atoms with E-state index in [1.165, 1.54) is 13.8 Å². The van der Waals surface area contributed by atoms with Gasteiger partial charge in [-0.3, -0.25) is 9.59 Å². The van der Waals surface area contributed by atoms with Gasteiger partial charge in [-0.05, 0) is 19.8 Å². The molecule has 0 spiro atoms. The van der Waals surface area contributed by atoms with Crippen LogP contribution in [0.5, 0.6) is 0 Å². The maximum absolute atomic E-state index is 11.6. The van der Waals surface area contributed by atoms with Crippen LogP contribution in [-0.4, -0.2) is 77.1 Å². The van der Waals surface area contributed by atoms with Crippen molar-refractivity contribution >= 4 is 11.9 Å². The van der Waals surface area contributed by atoms with E-state index in [1.807, 2.05) is 13.8 Å². The molecule has 2 saturated heterocycles. The minimum atomic E-state index is -1.22. The SMILES string of the molecule is CC[C@@H]1O[C@H](O[C@H]2[C@@H](O)[C@@H](C)O[C@@H]2CC)[C@H](NC(C)=O)[C@@H](O)[C@@H]1OC(C)=O. The summed E-state index contributed by atoms with van der Waals surface area (Å²) in [6.45, 7) is 8.05. The monoisotopic (exact) mass is 389 g/mol. The average Bonchev–Trinajstić information content (AvgIpc) is 2.87. The molecule has 9 nitrogen and oxygen atoms in total. The van der Waals surface area contributed by atoms with E-state index in [2.05, 4.69) is 5.32 Å². The van der Waals surface area contributed by atoms with Crippen molar-refractivity contribution in [2.45, 2.75) is 103 Å². The van der Waals surface area contributed by atoms with Gasteiger partial charge in [-0.2, -0.15) is 0 Å². The Hall–Kier alpha value is -1.26. The molecule has 156 valence electrons. The number of amides is 1. The molecule has 0 aromatic heterocycles. The zero-order valence-corrected chi connectivity index (χ0v) is 16.5. The summed E-state index contributed by atoms with van der Waals surface area (Å²) in [7, 11) is 0. The molecule has 0 aliphatic carbocycles. The van der Waals surface area contributed by atoms with Crippen LogP contribution in [0, 0.1) is 0 Å². The molecule has 9 atom stereocenters. The number of hydrogen-bond acceptors (Lipinski definition) is 8. The highest BCUT2D eigenvalue weighted by Gasteiger charge is 2.51. The molecule has 1 amide bonds. The van der Waals surface area contributed by atoms with E-state index in [4.69, 9.17) is 18.9 Å². The van der Waals surface area contributed by atoms with Crippen molar-refractivity contribution in [3.05, 3.63) is 0 Å². The Balaban J connectivity index is 2.24. The van der Waals surface area contributed by atoms with Gasteiger partial charge in [0.15, 0.2) is 12.4 Å². The number of aliphatic hydroxyl groups is 2. The highest BCUT2D eigenvalue weighted by Crippen LogP contribution is 2.32. The highest BCUT2D eigenvalue weighted by atomic mass is 16.7. The first-order valence-electron chi connectivity index (χ1n) is 9.46. The van der Waals surface area contributed by atoms with Crippen molar-refractivity contribution in [2.24, 2.45) is 0 Å². The first-order chi connectivity index (χ1) is 12.7. The van der Waals surface area contributed by atoms with Gasteiger partial charge in [0.25, 0.3) is 0 Å². The molecule has 0 radical (unpaired) electrons. The molecule has 0 bridgehead atoms. The van der Waals surface area contributed by atoms with E-state index in [1.54, 1.807) is 6.92 Å².